The summed E-state index contributed by atoms with van der Waals surface area (Å²) < 4.78 is 0. The van der Waals surface area contributed by atoms with Crippen molar-refractivity contribution >= 4 is 17.8 Å². The molecule has 0 radical (unpaired) electrons. The summed E-state index contributed by atoms with van der Waals surface area (Å²) in [4.78, 5) is 37.5. The zero-order valence-corrected chi connectivity index (χ0v) is 18.2. The highest BCUT2D eigenvalue weighted by Gasteiger charge is 2.46. The zero-order valence-electron chi connectivity index (χ0n) is 18.2. The summed E-state index contributed by atoms with van der Waals surface area (Å²) in [6.07, 6.45) is 6.67. The molecule has 4 rings (SSSR count). The molecule has 31 heavy (non-hydrogen) atoms. The number of amidine groups is 1. The van der Waals surface area contributed by atoms with Crippen LogP contribution in [-0.2, 0) is 0 Å². The Labute approximate surface area is 182 Å². The second-order valence-corrected chi connectivity index (χ2v) is 8.95. The Morgan fingerprint density at radius 2 is 2.03 bits per heavy atom. The molecule has 5 N–H and O–H groups in total. The monoisotopic (exact) mass is 425 g/mol. The van der Waals surface area contributed by atoms with E-state index < -0.39 is 5.91 Å². The fraction of sp³-hybridized carbons (Fsp3) is 0.545. The molecule has 2 aliphatic carbocycles. The van der Waals surface area contributed by atoms with Crippen molar-refractivity contribution in [3.05, 3.63) is 41.4 Å². The smallest absolute Gasteiger partial charge is 0.318 e. The van der Waals surface area contributed by atoms with Gasteiger partial charge in [-0.15, -0.1) is 0 Å². The van der Waals surface area contributed by atoms with Gasteiger partial charge in [-0.25, -0.2) is 4.79 Å². The number of pyridine rings is 1. The molecule has 3 amide bonds. The van der Waals surface area contributed by atoms with Gasteiger partial charge in [0.05, 0.1) is 6.04 Å². The number of hydrogen-bond acceptors (Lipinski definition) is 5. The van der Waals surface area contributed by atoms with E-state index in [0.717, 1.165) is 25.9 Å². The van der Waals surface area contributed by atoms with Gasteiger partial charge in [-0.05, 0) is 38.9 Å². The fourth-order valence-corrected chi connectivity index (χ4v) is 4.97. The minimum atomic E-state index is -0.515. The largest absolute Gasteiger partial charge is 0.400 e. The highest BCUT2D eigenvalue weighted by atomic mass is 16.2. The van der Waals surface area contributed by atoms with Crippen LogP contribution in [0, 0.1) is 0 Å². The Balaban J connectivity index is 1.40. The number of nitrogens with one attached hydrogen (secondary N) is 1. The van der Waals surface area contributed by atoms with Gasteiger partial charge in [-0.1, -0.05) is 18.9 Å². The number of rotatable bonds is 3. The predicted octanol–water partition coefficient (Wildman–Crippen LogP) is 1.22. The quantitative estimate of drug-likeness (QED) is 0.493. The van der Waals surface area contributed by atoms with Crippen LogP contribution >= 0.6 is 0 Å². The van der Waals surface area contributed by atoms with E-state index in [1.807, 2.05) is 4.90 Å². The summed E-state index contributed by atoms with van der Waals surface area (Å²) in [6.45, 7) is 3.68. The molecule has 2 atom stereocenters. The number of likely N-dealkylation sites (N-methyl/N-ethyl adjacent to an activating group) is 1. The molecule has 1 saturated carbocycles. The van der Waals surface area contributed by atoms with Crippen molar-refractivity contribution in [2.45, 2.75) is 56.7 Å². The number of piperazine rings is 1. The summed E-state index contributed by atoms with van der Waals surface area (Å²) in [6, 6.07) is 4.74. The van der Waals surface area contributed by atoms with Gasteiger partial charge in [0.2, 0.25) is 0 Å². The Bertz CT molecular complexity index is 921. The minimum Gasteiger partial charge on any atom is -0.400 e. The van der Waals surface area contributed by atoms with Crippen LogP contribution in [0.2, 0.25) is 0 Å². The lowest BCUT2D eigenvalue weighted by atomic mass is 9.87. The van der Waals surface area contributed by atoms with Crippen LogP contribution in [-0.4, -0.2) is 70.3 Å². The van der Waals surface area contributed by atoms with E-state index in [0.29, 0.717) is 17.7 Å². The van der Waals surface area contributed by atoms with Crippen molar-refractivity contribution < 1.29 is 9.59 Å². The van der Waals surface area contributed by atoms with E-state index in [1.54, 1.807) is 18.2 Å². The average molecular weight is 426 g/mol. The molecule has 0 aromatic carbocycles. The molecule has 1 saturated heterocycles. The van der Waals surface area contributed by atoms with Gasteiger partial charge >= 0.3 is 6.03 Å². The van der Waals surface area contributed by atoms with Crippen molar-refractivity contribution in [3.8, 4) is 0 Å². The predicted molar refractivity (Wildman–Crippen MR) is 118 cm³/mol. The Kier molecular flexibility index (Phi) is 5.70. The second-order valence-electron chi connectivity index (χ2n) is 8.95. The minimum absolute atomic E-state index is 0.0801. The number of hydrogen-bond donors (Lipinski definition) is 3. The lowest BCUT2D eigenvalue weighted by Gasteiger charge is -2.51. The van der Waals surface area contributed by atoms with Crippen LogP contribution in [0.5, 0.6) is 0 Å². The van der Waals surface area contributed by atoms with Crippen molar-refractivity contribution in [1.82, 2.24) is 20.1 Å². The molecule has 1 spiro atoms. The third-order valence-electron chi connectivity index (χ3n) is 6.98. The maximum Gasteiger partial charge on any atom is 0.318 e. The normalized spacial score (nSPS) is 26.1. The molecule has 0 bridgehead atoms. The molecule has 9 nitrogen and oxygen atoms in total. The van der Waals surface area contributed by atoms with Gasteiger partial charge in [0.1, 0.15) is 11.5 Å². The zero-order chi connectivity index (χ0) is 22.2. The number of carbonyl (C=O) groups is 2. The van der Waals surface area contributed by atoms with Gasteiger partial charge in [0.25, 0.3) is 5.91 Å². The number of aromatic nitrogens is 1. The molecule has 166 valence electrons. The van der Waals surface area contributed by atoms with Crippen LogP contribution in [0.1, 0.15) is 49.5 Å². The summed E-state index contributed by atoms with van der Waals surface area (Å²) in [7, 11) is 2.17. The fourth-order valence-electron chi connectivity index (χ4n) is 4.97. The van der Waals surface area contributed by atoms with Crippen molar-refractivity contribution in [2.75, 3.05) is 20.1 Å². The first-order valence-electron chi connectivity index (χ1n) is 10.9. The second kappa shape index (κ2) is 8.30. The lowest BCUT2D eigenvalue weighted by molar-refractivity contribution is 0.00766. The number of aliphatic imine (C=N–C) groups is 1. The first kappa shape index (κ1) is 21.3. The highest BCUT2D eigenvalue weighted by Crippen LogP contribution is 2.38. The van der Waals surface area contributed by atoms with E-state index in [-0.39, 0.29) is 35.2 Å². The van der Waals surface area contributed by atoms with E-state index >= 15 is 0 Å². The third-order valence-corrected chi connectivity index (χ3v) is 6.98. The number of urea groups is 1. The first-order chi connectivity index (χ1) is 14.8. The summed E-state index contributed by atoms with van der Waals surface area (Å²) in [5.41, 5.74) is 13.6. The molecule has 2 fully saturated rings. The molecule has 1 aliphatic heterocycles. The molecule has 9 heteroatoms. The van der Waals surface area contributed by atoms with Gasteiger partial charge in [-0.2, -0.15) is 4.99 Å². The highest BCUT2D eigenvalue weighted by molar-refractivity contribution is 6.09. The maximum absolute atomic E-state index is 13.0. The van der Waals surface area contributed by atoms with Gasteiger partial charge in [0, 0.05) is 48.6 Å². The molecular weight excluding hydrogens is 394 g/mol. The van der Waals surface area contributed by atoms with Crippen molar-refractivity contribution in [2.24, 2.45) is 16.5 Å². The molecular formula is C22H31N7O2. The van der Waals surface area contributed by atoms with Gasteiger partial charge in [0.15, 0.2) is 0 Å². The van der Waals surface area contributed by atoms with E-state index in [4.69, 9.17) is 11.5 Å². The number of nitrogens with zero attached hydrogens (tertiary/aromatic N) is 4. The SMILES string of the molecule is CC1CN(C)C2(CCCC2)CN1C(=O)NC1CC(C(N)=NC(=O)c2ccccn2)=C1N. The van der Waals surface area contributed by atoms with Crippen LogP contribution in [0.4, 0.5) is 4.79 Å². The first-order valence-corrected chi connectivity index (χ1v) is 10.9. The van der Waals surface area contributed by atoms with E-state index in [1.165, 1.54) is 19.0 Å². The van der Waals surface area contributed by atoms with E-state index in [2.05, 4.69) is 34.2 Å². The summed E-state index contributed by atoms with van der Waals surface area (Å²) >= 11 is 0. The molecule has 2 unspecified atom stereocenters. The number of carbonyl (C=O) groups excluding carboxylic acids is 2. The number of nitrogens with two attached hydrogens (primary N) is 2. The number of amides is 3. The third kappa shape index (κ3) is 4.01. The average Bonchev–Trinajstić information content (AvgIpc) is 3.23. The van der Waals surface area contributed by atoms with E-state index in [9.17, 15) is 9.59 Å². The maximum atomic E-state index is 13.0. The standard InChI is InChI=1S/C22H31N7O2/c1-14-12-28(2)22(8-4-5-9-22)13-29(14)21(31)26-17-11-15(18(17)23)19(24)27-20(30)16-7-3-6-10-25-16/h3,6-7,10,14,17H,4-5,8-9,11-13,23H2,1-2H3,(H,26,31)(H2,24,27,30). The molecule has 1 aromatic heterocycles. The van der Waals surface area contributed by atoms with Gasteiger partial charge < -0.3 is 21.7 Å². The Hall–Kier alpha value is -2.94. The van der Waals surface area contributed by atoms with Crippen LogP contribution in [0.25, 0.3) is 0 Å². The van der Waals surface area contributed by atoms with Crippen LogP contribution in [0.15, 0.2) is 40.7 Å². The summed E-state index contributed by atoms with van der Waals surface area (Å²) in [5, 5.41) is 3.04. The Morgan fingerprint density at radius 1 is 1.29 bits per heavy atom. The Morgan fingerprint density at radius 3 is 2.68 bits per heavy atom. The summed E-state index contributed by atoms with van der Waals surface area (Å²) in [5.74, 6) is -0.435. The van der Waals surface area contributed by atoms with Crippen molar-refractivity contribution in [3.63, 3.8) is 0 Å². The van der Waals surface area contributed by atoms with Gasteiger partial charge in [-0.3, -0.25) is 14.7 Å². The van der Waals surface area contributed by atoms with Crippen LogP contribution in [0.3, 0.4) is 0 Å². The molecule has 3 aliphatic rings. The molecule has 2 heterocycles. The van der Waals surface area contributed by atoms with Crippen molar-refractivity contribution in [1.29, 1.82) is 0 Å². The lowest BCUT2D eigenvalue weighted by Crippen LogP contribution is -2.66. The molecule has 1 aromatic rings. The van der Waals surface area contributed by atoms with Crippen LogP contribution < -0.4 is 16.8 Å². The topological polar surface area (TPSA) is 130 Å².